The molecule has 0 radical (unpaired) electrons. The molecule has 0 aliphatic rings. The van der Waals surface area contributed by atoms with Crippen molar-refractivity contribution >= 4 is 17.3 Å². The molecule has 82 valence electrons. The van der Waals surface area contributed by atoms with Crippen LogP contribution in [0, 0.1) is 0 Å². The lowest BCUT2D eigenvalue weighted by Crippen LogP contribution is -2.11. The average molecular weight is 233 g/mol. The van der Waals surface area contributed by atoms with Crippen LogP contribution in [0.1, 0.15) is 27.5 Å². The summed E-state index contributed by atoms with van der Waals surface area (Å²) in [4.78, 5) is 10.7. The minimum Gasteiger partial charge on any atom is -0.478 e. The van der Waals surface area contributed by atoms with Gasteiger partial charge in [0, 0.05) is 0 Å². The maximum absolute atomic E-state index is 10.7. The van der Waals surface area contributed by atoms with Crippen molar-refractivity contribution in [2.45, 2.75) is 6.04 Å². The Bertz CT molecular complexity index is 476. The van der Waals surface area contributed by atoms with E-state index in [0.29, 0.717) is 0 Å². The summed E-state index contributed by atoms with van der Waals surface area (Å²) in [6.07, 6.45) is 0. The lowest BCUT2D eigenvalue weighted by Gasteiger charge is -2.10. The summed E-state index contributed by atoms with van der Waals surface area (Å²) in [5, 5.41) is 12.7. The van der Waals surface area contributed by atoms with Crippen LogP contribution >= 0.6 is 11.3 Å². The second-order valence-corrected chi connectivity index (χ2v) is 4.24. The lowest BCUT2D eigenvalue weighted by atomic mass is 10.0. The fraction of sp³-hybridized carbons (Fsp3) is 0.0833. The molecule has 0 saturated heterocycles. The topological polar surface area (TPSA) is 63.3 Å². The number of carboxylic acids is 1. The second-order valence-electron chi connectivity index (χ2n) is 3.46. The summed E-state index contributed by atoms with van der Waals surface area (Å²) in [6, 6.07) is 8.44. The Kier molecular flexibility index (Phi) is 3.03. The van der Waals surface area contributed by atoms with Crippen molar-refractivity contribution in [1.29, 1.82) is 0 Å². The van der Waals surface area contributed by atoms with Gasteiger partial charge in [-0.15, -0.1) is 0 Å². The second kappa shape index (κ2) is 4.47. The highest BCUT2D eigenvalue weighted by Gasteiger charge is 2.10. The first-order valence-corrected chi connectivity index (χ1v) is 5.73. The van der Waals surface area contributed by atoms with Gasteiger partial charge < -0.3 is 10.8 Å². The van der Waals surface area contributed by atoms with Crippen molar-refractivity contribution in [3.8, 4) is 0 Å². The van der Waals surface area contributed by atoms with Gasteiger partial charge in [0.15, 0.2) is 0 Å². The van der Waals surface area contributed by atoms with Crippen LogP contribution in [-0.4, -0.2) is 11.1 Å². The van der Waals surface area contributed by atoms with E-state index in [1.807, 2.05) is 16.8 Å². The monoisotopic (exact) mass is 233 g/mol. The third-order valence-corrected chi connectivity index (χ3v) is 3.12. The van der Waals surface area contributed by atoms with E-state index in [1.165, 1.54) is 0 Å². The number of hydrogen-bond acceptors (Lipinski definition) is 3. The fourth-order valence-corrected chi connectivity index (χ4v) is 2.17. The van der Waals surface area contributed by atoms with Crippen molar-refractivity contribution < 1.29 is 9.90 Å². The van der Waals surface area contributed by atoms with E-state index >= 15 is 0 Å². The van der Waals surface area contributed by atoms with E-state index in [2.05, 4.69) is 0 Å². The molecule has 0 aliphatic heterocycles. The Morgan fingerprint density at radius 2 is 1.88 bits per heavy atom. The van der Waals surface area contributed by atoms with Crippen molar-refractivity contribution in [2.75, 3.05) is 0 Å². The zero-order valence-electron chi connectivity index (χ0n) is 8.46. The molecule has 0 amide bonds. The first-order valence-electron chi connectivity index (χ1n) is 4.79. The van der Waals surface area contributed by atoms with Crippen molar-refractivity contribution in [1.82, 2.24) is 0 Å². The largest absolute Gasteiger partial charge is 0.478 e. The summed E-state index contributed by atoms with van der Waals surface area (Å²) in [7, 11) is 0. The van der Waals surface area contributed by atoms with Gasteiger partial charge in [0.05, 0.1) is 11.6 Å². The maximum atomic E-state index is 10.7. The molecule has 1 heterocycles. The summed E-state index contributed by atoms with van der Waals surface area (Å²) >= 11 is 1.60. The quantitative estimate of drug-likeness (QED) is 0.856. The number of thiophene rings is 1. The highest BCUT2D eigenvalue weighted by Crippen LogP contribution is 2.21. The fourth-order valence-electron chi connectivity index (χ4n) is 1.48. The molecule has 0 bridgehead atoms. The molecule has 3 nitrogen and oxygen atoms in total. The number of benzene rings is 1. The first-order chi connectivity index (χ1) is 7.68. The zero-order chi connectivity index (χ0) is 11.5. The van der Waals surface area contributed by atoms with Crippen LogP contribution in [0.2, 0.25) is 0 Å². The Morgan fingerprint density at radius 3 is 2.38 bits per heavy atom. The molecular weight excluding hydrogens is 222 g/mol. The Labute approximate surface area is 97.2 Å². The summed E-state index contributed by atoms with van der Waals surface area (Å²) < 4.78 is 0. The predicted octanol–water partition coefficient (Wildman–Crippen LogP) is 2.49. The molecule has 0 unspecified atom stereocenters. The van der Waals surface area contributed by atoms with Crippen LogP contribution in [0.25, 0.3) is 0 Å². The minimum absolute atomic E-state index is 0.186. The lowest BCUT2D eigenvalue weighted by molar-refractivity contribution is 0.0697. The molecule has 3 N–H and O–H groups in total. The van der Waals surface area contributed by atoms with Crippen LogP contribution in [0.5, 0.6) is 0 Å². The van der Waals surface area contributed by atoms with Crippen molar-refractivity contribution in [3.63, 3.8) is 0 Å². The van der Waals surface area contributed by atoms with Gasteiger partial charge in [0.2, 0.25) is 0 Å². The van der Waals surface area contributed by atoms with Gasteiger partial charge in [-0.2, -0.15) is 11.3 Å². The normalized spacial score (nSPS) is 12.3. The molecule has 1 aromatic heterocycles. The van der Waals surface area contributed by atoms with E-state index in [0.717, 1.165) is 11.1 Å². The number of aromatic carboxylic acids is 1. The van der Waals surface area contributed by atoms with E-state index in [9.17, 15) is 4.79 Å². The zero-order valence-corrected chi connectivity index (χ0v) is 9.28. The summed E-state index contributed by atoms with van der Waals surface area (Å²) in [5.41, 5.74) is 8.29. The average Bonchev–Trinajstić information content (AvgIpc) is 2.81. The number of nitrogens with two attached hydrogens (primary N) is 1. The molecular formula is C12H11NO2S. The maximum Gasteiger partial charge on any atom is 0.335 e. The van der Waals surface area contributed by atoms with E-state index in [1.54, 1.807) is 35.6 Å². The van der Waals surface area contributed by atoms with Gasteiger partial charge >= 0.3 is 5.97 Å². The van der Waals surface area contributed by atoms with Gasteiger partial charge in [-0.25, -0.2) is 4.79 Å². The predicted molar refractivity (Wildman–Crippen MR) is 63.8 cm³/mol. The molecule has 0 aliphatic carbocycles. The van der Waals surface area contributed by atoms with Crippen LogP contribution in [-0.2, 0) is 0 Å². The molecule has 0 fully saturated rings. The molecule has 2 aromatic rings. The number of hydrogen-bond donors (Lipinski definition) is 2. The Balaban J connectivity index is 2.25. The summed E-state index contributed by atoms with van der Waals surface area (Å²) in [6.45, 7) is 0. The van der Waals surface area contributed by atoms with E-state index < -0.39 is 5.97 Å². The highest BCUT2D eigenvalue weighted by molar-refractivity contribution is 7.08. The van der Waals surface area contributed by atoms with Gasteiger partial charge in [0.25, 0.3) is 0 Å². The van der Waals surface area contributed by atoms with Gasteiger partial charge in [-0.05, 0) is 40.1 Å². The van der Waals surface area contributed by atoms with E-state index in [4.69, 9.17) is 10.8 Å². The Hall–Kier alpha value is -1.65. The molecule has 16 heavy (non-hydrogen) atoms. The molecule has 4 heteroatoms. The van der Waals surface area contributed by atoms with Crippen LogP contribution in [0.3, 0.4) is 0 Å². The van der Waals surface area contributed by atoms with Crippen molar-refractivity contribution in [3.05, 3.63) is 57.8 Å². The molecule has 0 spiro atoms. The standard InChI is InChI=1S/C12H11NO2S/c13-11(10-5-6-16-7-10)8-1-3-9(4-2-8)12(14)15/h1-7,11H,13H2,(H,14,15)/t11-/m0/s1. The molecule has 2 rings (SSSR count). The summed E-state index contributed by atoms with van der Waals surface area (Å²) in [5.74, 6) is -0.921. The number of rotatable bonds is 3. The van der Waals surface area contributed by atoms with E-state index in [-0.39, 0.29) is 11.6 Å². The van der Waals surface area contributed by atoms with Gasteiger partial charge in [-0.1, -0.05) is 12.1 Å². The highest BCUT2D eigenvalue weighted by atomic mass is 32.1. The van der Waals surface area contributed by atoms with Gasteiger partial charge in [0.1, 0.15) is 0 Å². The van der Waals surface area contributed by atoms with Gasteiger partial charge in [-0.3, -0.25) is 0 Å². The van der Waals surface area contributed by atoms with Crippen LogP contribution in [0.15, 0.2) is 41.1 Å². The molecule has 1 atom stereocenters. The number of carbonyl (C=O) groups is 1. The first kappa shape index (κ1) is 10.9. The van der Waals surface area contributed by atoms with Crippen molar-refractivity contribution in [2.24, 2.45) is 5.73 Å². The third-order valence-electron chi connectivity index (χ3n) is 2.42. The molecule has 1 aromatic carbocycles. The van der Waals surface area contributed by atoms with Crippen LogP contribution < -0.4 is 5.73 Å². The molecule has 0 saturated carbocycles. The SMILES string of the molecule is N[C@@H](c1ccc(C(=O)O)cc1)c1ccsc1. The minimum atomic E-state index is -0.921. The number of carboxylic acid groups (broad SMARTS) is 1. The smallest absolute Gasteiger partial charge is 0.335 e. The third kappa shape index (κ3) is 2.13. The van der Waals surface area contributed by atoms with Crippen LogP contribution in [0.4, 0.5) is 0 Å². The Morgan fingerprint density at radius 1 is 1.19 bits per heavy atom.